The first-order valence-electron chi connectivity index (χ1n) is 6.80. The average Bonchev–Trinajstić information content (AvgIpc) is 2.60. The quantitative estimate of drug-likeness (QED) is 0.629. The van der Waals surface area contributed by atoms with Gasteiger partial charge in [-0.25, -0.2) is 14.4 Å². The molecule has 124 valence electrons. The van der Waals surface area contributed by atoms with E-state index in [1.807, 2.05) is 0 Å². The molecule has 0 N–H and O–H groups in total. The monoisotopic (exact) mass is 330 g/mol. The Kier molecular flexibility index (Phi) is 5.51. The van der Waals surface area contributed by atoms with Crippen LogP contribution >= 0.6 is 0 Å². The van der Waals surface area contributed by atoms with Gasteiger partial charge in [0.1, 0.15) is 11.5 Å². The minimum absolute atomic E-state index is 0.118. The van der Waals surface area contributed by atoms with E-state index in [9.17, 15) is 14.4 Å². The Morgan fingerprint density at radius 3 is 1.50 bits per heavy atom. The lowest BCUT2D eigenvalue weighted by molar-refractivity contribution is 0.0591. The van der Waals surface area contributed by atoms with Crippen molar-refractivity contribution in [3.63, 3.8) is 0 Å². The summed E-state index contributed by atoms with van der Waals surface area (Å²) >= 11 is 0. The Hall–Kier alpha value is -3.35. The lowest BCUT2D eigenvalue weighted by Crippen LogP contribution is -2.14. The van der Waals surface area contributed by atoms with Crippen LogP contribution in [0.2, 0.25) is 0 Å². The molecule has 7 heteroatoms. The van der Waals surface area contributed by atoms with Gasteiger partial charge in [0.2, 0.25) is 0 Å². The summed E-state index contributed by atoms with van der Waals surface area (Å²) in [4.78, 5) is 34.7. The molecule has 0 saturated carbocycles. The molecule has 0 aromatic heterocycles. The zero-order valence-electron chi connectivity index (χ0n) is 13.0. The average molecular weight is 330 g/mol. The van der Waals surface area contributed by atoms with Crippen LogP contribution in [0.1, 0.15) is 20.7 Å². The van der Waals surface area contributed by atoms with Crippen LogP contribution < -0.4 is 9.47 Å². The van der Waals surface area contributed by atoms with Crippen LogP contribution in [0.3, 0.4) is 0 Å². The van der Waals surface area contributed by atoms with E-state index in [0.717, 1.165) is 0 Å². The number of carbonyl (C=O) groups excluding carboxylic acids is 3. The molecule has 2 rings (SSSR count). The fourth-order valence-corrected chi connectivity index (χ4v) is 1.82. The van der Waals surface area contributed by atoms with E-state index >= 15 is 0 Å². The molecule has 0 saturated heterocycles. The first-order chi connectivity index (χ1) is 11.5. The van der Waals surface area contributed by atoms with Crippen LogP contribution in [-0.2, 0) is 9.47 Å². The summed E-state index contributed by atoms with van der Waals surface area (Å²) in [7, 11) is 2.50. The maximum Gasteiger partial charge on any atom is 0.519 e. The van der Waals surface area contributed by atoms with E-state index in [2.05, 4.69) is 9.47 Å². The molecule has 0 unspecified atom stereocenters. The van der Waals surface area contributed by atoms with Crippen LogP contribution in [0, 0.1) is 0 Å². The van der Waals surface area contributed by atoms with E-state index in [4.69, 9.17) is 9.47 Å². The molecule has 0 radical (unpaired) electrons. The minimum atomic E-state index is -1.01. The van der Waals surface area contributed by atoms with E-state index in [1.165, 1.54) is 62.8 Å². The second kappa shape index (κ2) is 7.77. The number of esters is 2. The second-order valence-electron chi connectivity index (χ2n) is 4.49. The lowest BCUT2D eigenvalue weighted by atomic mass is 10.2. The molecule has 0 aliphatic heterocycles. The smallest absolute Gasteiger partial charge is 0.465 e. The van der Waals surface area contributed by atoms with E-state index in [1.54, 1.807) is 0 Å². The van der Waals surface area contributed by atoms with Crippen LogP contribution in [0.25, 0.3) is 0 Å². The fourth-order valence-electron chi connectivity index (χ4n) is 1.82. The van der Waals surface area contributed by atoms with Gasteiger partial charge in [-0.05, 0) is 36.4 Å². The number of carbonyl (C=O) groups is 3. The summed E-state index contributed by atoms with van der Waals surface area (Å²) in [5, 5.41) is 0. The van der Waals surface area contributed by atoms with Crippen LogP contribution in [0.4, 0.5) is 4.79 Å². The molecular weight excluding hydrogens is 316 g/mol. The molecule has 0 bridgehead atoms. The summed E-state index contributed by atoms with van der Waals surface area (Å²) in [5.74, 6) is -0.877. The largest absolute Gasteiger partial charge is 0.519 e. The molecule has 7 nitrogen and oxygen atoms in total. The molecule has 0 heterocycles. The number of methoxy groups -OCH3 is 2. The van der Waals surface area contributed by atoms with Gasteiger partial charge in [0.05, 0.1) is 25.3 Å². The van der Waals surface area contributed by atoms with Crippen molar-refractivity contribution in [2.75, 3.05) is 14.2 Å². The second-order valence-corrected chi connectivity index (χ2v) is 4.49. The van der Waals surface area contributed by atoms with Crippen LogP contribution in [-0.4, -0.2) is 32.3 Å². The zero-order valence-corrected chi connectivity index (χ0v) is 13.0. The first kappa shape index (κ1) is 17.0. The molecule has 0 atom stereocenters. The number of hydrogen-bond donors (Lipinski definition) is 0. The van der Waals surface area contributed by atoms with Gasteiger partial charge in [-0.3, -0.25) is 0 Å². The highest BCUT2D eigenvalue weighted by Crippen LogP contribution is 2.18. The molecular formula is C17H14O7. The minimum Gasteiger partial charge on any atom is -0.465 e. The van der Waals surface area contributed by atoms with Crippen molar-refractivity contribution >= 4 is 18.1 Å². The van der Waals surface area contributed by atoms with Gasteiger partial charge in [0.25, 0.3) is 0 Å². The van der Waals surface area contributed by atoms with E-state index in [0.29, 0.717) is 0 Å². The fraction of sp³-hybridized carbons (Fsp3) is 0.118. The SMILES string of the molecule is COC(=O)c1cccc(OC(=O)Oc2cccc(C(=O)OC)c2)c1. The van der Waals surface area contributed by atoms with E-state index < -0.39 is 18.1 Å². The lowest BCUT2D eigenvalue weighted by Gasteiger charge is -2.07. The van der Waals surface area contributed by atoms with Crippen molar-refractivity contribution in [3.05, 3.63) is 59.7 Å². The third kappa shape index (κ3) is 4.33. The first-order valence-corrected chi connectivity index (χ1v) is 6.80. The maximum atomic E-state index is 11.8. The molecule has 0 amide bonds. The Balaban J connectivity index is 2.06. The Labute approximate surface area is 137 Å². The Morgan fingerprint density at radius 2 is 1.12 bits per heavy atom. The van der Waals surface area contributed by atoms with Crippen molar-refractivity contribution in [2.24, 2.45) is 0 Å². The van der Waals surface area contributed by atoms with Gasteiger partial charge in [0.15, 0.2) is 0 Å². The maximum absolute atomic E-state index is 11.8. The topological polar surface area (TPSA) is 88.1 Å². The highest BCUT2D eigenvalue weighted by Gasteiger charge is 2.13. The molecule has 0 aliphatic carbocycles. The standard InChI is InChI=1S/C17H14O7/c1-21-15(18)11-5-3-7-13(9-11)23-17(20)24-14-8-4-6-12(10-14)16(19)22-2/h3-10H,1-2H3. The molecule has 0 spiro atoms. The van der Waals surface area contributed by atoms with Crippen LogP contribution in [0.15, 0.2) is 48.5 Å². The highest BCUT2D eigenvalue weighted by molar-refractivity contribution is 5.90. The summed E-state index contributed by atoms with van der Waals surface area (Å²) in [5.41, 5.74) is 0.464. The number of hydrogen-bond acceptors (Lipinski definition) is 7. The Bertz CT molecular complexity index is 704. The molecule has 2 aromatic carbocycles. The summed E-state index contributed by atoms with van der Waals surface area (Å²) in [6.07, 6.45) is -1.01. The van der Waals surface area contributed by atoms with Crippen molar-refractivity contribution < 1.29 is 33.3 Å². The number of benzene rings is 2. The van der Waals surface area contributed by atoms with Crippen molar-refractivity contribution in [1.29, 1.82) is 0 Å². The summed E-state index contributed by atoms with van der Waals surface area (Å²) in [6, 6.07) is 11.8. The van der Waals surface area contributed by atoms with Crippen LogP contribution in [0.5, 0.6) is 11.5 Å². The summed E-state index contributed by atoms with van der Waals surface area (Å²) in [6.45, 7) is 0. The van der Waals surface area contributed by atoms with Gasteiger partial charge in [-0.2, -0.15) is 0 Å². The molecule has 2 aromatic rings. The summed E-state index contributed by atoms with van der Waals surface area (Å²) < 4.78 is 19.2. The van der Waals surface area contributed by atoms with Gasteiger partial charge in [-0.1, -0.05) is 12.1 Å². The van der Waals surface area contributed by atoms with Crippen molar-refractivity contribution in [3.8, 4) is 11.5 Å². The van der Waals surface area contributed by atoms with Gasteiger partial charge in [0, 0.05) is 0 Å². The molecule has 0 fully saturated rings. The molecule has 24 heavy (non-hydrogen) atoms. The number of ether oxygens (including phenoxy) is 4. The predicted molar refractivity (Wildman–Crippen MR) is 82.2 cm³/mol. The van der Waals surface area contributed by atoms with Gasteiger partial charge in [-0.15, -0.1) is 0 Å². The highest BCUT2D eigenvalue weighted by atomic mass is 16.7. The van der Waals surface area contributed by atoms with Gasteiger partial charge < -0.3 is 18.9 Å². The van der Waals surface area contributed by atoms with E-state index in [-0.39, 0.29) is 22.6 Å². The zero-order chi connectivity index (χ0) is 17.5. The predicted octanol–water partition coefficient (Wildman–Crippen LogP) is 2.84. The van der Waals surface area contributed by atoms with Crippen molar-refractivity contribution in [1.82, 2.24) is 0 Å². The van der Waals surface area contributed by atoms with Crippen molar-refractivity contribution in [2.45, 2.75) is 0 Å². The Morgan fingerprint density at radius 1 is 0.708 bits per heavy atom. The number of rotatable bonds is 4. The normalized spacial score (nSPS) is 9.75. The third-order valence-electron chi connectivity index (χ3n) is 2.91. The molecule has 0 aliphatic rings. The third-order valence-corrected chi connectivity index (χ3v) is 2.91. The van der Waals surface area contributed by atoms with Gasteiger partial charge >= 0.3 is 18.1 Å².